The zero-order valence-corrected chi connectivity index (χ0v) is 26.3. The second kappa shape index (κ2) is 13.5. The Morgan fingerprint density at radius 2 is 1.72 bits per heavy atom. The van der Waals surface area contributed by atoms with Crippen LogP contribution in [-0.4, -0.2) is 31.9 Å². The largest absolute Gasteiger partial charge is 0.507 e. The van der Waals surface area contributed by atoms with Gasteiger partial charge >= 0.3 is 5.91 Å². The van der Waals surface area contributed by atoms with E-state index < -0.39 is 28.4 Å². The molecule has 2 heterocycles. The number of amides is 1. The summed E-state index contributed by atoms with van der Waals surface area (Å²) < 4.78 is 19.7. The summed E-state index contributed by atoms with van der Waals surface area (Å²) in [4.78, 5) is 39.0. The van der Waals surface area contributed by atoms with Crippen LogP contribution in [0.1, 0.15) is 33.9 Å². The molecule has 1 fully saturated rings. The normalized spacial score (nSPS) is 15.6. The third-order valence-corrected chi connectivity index (χ3v) is 9.48. The number of non-ortho nitro benzene ring substituents is 1. The van der Waals surface area contributed by atoms with Crippen LogP contribution in [0.5, 0.6) is 5.75 Å². The first-order valence-corrected chi connectivity index (χ1v) is 16.0. The van der Waals surface area contributed by atoms with Crippen molar-refractivity contribution in [2.24, 2.45) is 0 Å². The molecule has 4 aromatic carbocycles. The number of anilines is 1. The second-order valence-corrected chi connectivity index (χ2v) is 12.8. The molecule has 10 nitrogen and oxygen atoms in total. The summed E-state index contributed by atoms with van der Waals surface area (Å²) in [7, 11) is 0. The molecule has 1 aromatic heterocycles. The monoisotopic (exact) mass is 668 g/mol. The third kappa shape index (κ3) is 6.90. The second-order valence-electron chi connectivity index (χ2n) is 10.6. The lowest BCUT2D eigenvalue weighted by molar-refractivity contribution is -0.384. The van der Waals surface area contributed by atoms with Crippen molar-refractivity contribution in [3.63, 3.8) is 0 Å². The van der Waals surface area contributed by atoms with E-state index in [9.17, 15) is 29.2 Å². The van der Waals surface area contributed by atoms with E-state index in [0.29, 0.717) is 28.0 Å². The van der Waals surface area contributed by atoms with Crippen LogP contribution in [0.25, 0.3) is 5.76 Å². The van der Waals surface area contributed by atoms with Gasteiger partial charge in [0, 0.05) is 23.4 Å². The van der Waals surface area contributed by atoms with E-state index >= 15 is 0 Å². The Bertz CT molecular complexity index is 2000. The van der Waals surface area contributed by atoms with E-state index in [2.05, 4.69) is 10.2 Å². The van der Waals surface area contributed by atoms with Gasteiger partial charge in [0.1, 0.15) is 23.9 Å². The van der Waals surface area contributed by atoms with Crippen molar-refractivity contribution in [2.75, 3.05) is 4.90 Å². The summed E-state index contributed by atoms with van der Waals surface area (Å²) in [6, 6.07) is 24.6. The maximum atomic E-state index is 13.5. The van der Waals surface area contributed by atoms with Crippen molar-refractivity contribution in [2.45, 2.75) is 29.7 Å². The van der Waals surface area contributed by atoms with Gasteiger partial charge in [-0.1, -0.05) is 65.1 Å². The summed E-state index contributed by atoms with van der Waals surface area (Å²) in [5, 5.41) is 31.3. The SMILES string of the molecule is Cc1cccc(COc2ccc(C(O)=C3C(=O)C(=O)N(c4nnc(SCc5ccc(F)cc5)s4)C3c3ccc([N+](=O)[O-])cc3)cc2)c1. The van der Waals surface area contributed by atoms with Crippen LogP contribution in [-0.2, 0) is 21.9 Å². The number of hydrogen-bond acceptors (Lipinski definition) is 10. The zero-order chi connectivity index (χ0) is 33.1. The van der Waals surface area contributed by atoms with E-state index in [0.717, 1.165) is 32.9 Å². The number of aliphatic hydroxyl groups is 1. The Kier molecular flexibility index (Phi) is 9.09. The van der Waals surface area contributed by atoms with Crippen LogP contribution < -0.4 is 9.64 Å². The number of ketones is 1. The highest BCUT2D eigenvalue weighted by Gasteiger charge is 2.48. The summed E-state index contributed by atoms with van der Waals surface area (Å²) in [6.45, 7) is 2.33. The number of benzene rings is 4. The molecule has 1 atom stereocenters. The Morgan fingerprint density at radius 3 is 2.40 bits per heavy atom. The molecule has 1 N–H and O–H groups in total. The number of nitrogens with zero attached hydrogens (tertiary/aromatic N) is 4. The van der Waals surface area contributed by atoms with Gasteiger partial charge in [-0.2, -0.15) is 0 Å². The minimum atomic E-state index is -1.14. The molecule has 1 aliphatic rings. The number of halogens is 1. The fourth-order valence-electron chi connectivity index (χ4n) is 5.04. The average Bonchev–Trinajstić information content (AvgIpc) is 3.65. The molecule has 6 rings (SSSR count). The van der Waals surface area contributed by atoms with Crippen molar-refractivity contribution < 1.29 is 28.7 Å². The number of aliphatic hydroxyl groups excluding tert-OH is 1. The fourth-order valence-corrected chi connectivity index (χ4v) is 6.86. The number of thioether (sulfide) groups is 1. The number of aryl methyl sites for hydroxylation is 1. The van der Waals surface area contributed by atoms with Gasteiger partial charge in [-0.15, -0.1) is 10.2 Å². The standard InChI is InChI=1S/C34H25FN4O6S2/c1-20-3-2-4-22(17-20)18-45-27-15-9-24(10-16-27)30(40)28-29(23-7-13-26(14-8-23)39(43)44)38(32(42)31(28)41)33-36-37-34(47-33)46-19-21-5-11-25(35)12-6-21/h2-17,29,40H,18-19H2,1H3. The molecule has 0 saturated carbocycles. The Morgan fingerprint density at radius 1 is 1.00 bits per heavy atom. The molecule has 0 bridgehead atoms. The predicted octanol–water partition coefficient (Wildman–Crippen LogP) is 7.39. The number of carbonyl (C=O) groups excluding carboxylic acids is 2. The smallest absolute Gasteiger partial charge is 0.301 e. The average molecular weight is 669 g/mol. The highest BCUT2D eigenvalue weighted by Crippen LogP contribution is 2.44. The highest BCUT2D eigenvalue weighted by atomic mass is 32.2. The zero-order valence-electron chi connectivity index (χ0n) is 24.7. The van der Waals surface area contributed by atoms with Gasteiger partial charge in [0.05, 0.1) is 16.5 Å². The molecule has 13 heteroatoms. The van der Waals surface area contributed by atoms with Crippen molar-refractivity contribution in [3.05, 3.63) is 146 Å². The molecule has 1 saturated heterocycles. The van der Waals surface area contributed by atoms with E-state index in [4.69, 9.17) is 4.74 Å². The number of ether oxygens (including phenoxy) is 1. The molecular weight excluding hydrogens is 644 g/mol. The van der Waals surface area contributed by atoms with E-state index in [1.165, 1.54) is 48.2 Å². The number of nitro groups is 1. The molecule has 47 heavy (non-hydrogen) atoms. The molecule has 1 aliphatic heterocycles. The summed E-state index contributed by atoms with van der Waals surface area (Å²) >= 11 is 2.39. The first-order chi connectivity index (χ1) is 22.7. The lowest BCUT2D eigenvalue weighted by Crippen LogP contribution is -2.29. The number of carbonyl (C=O) groups is 2. The van der Waals surface area contributed by atoms with E-state index in [1.54, 1.807) is 36.4 Å². The number of aromatic nitrogens is 2. The Labute approximate surface area is 276 Å². The Balaban J connectivity index is 1.31. The summed E-state index contributed by atoms with van der Waals surface area (Å²) in [5.41, 5.74) is 3.20. The highest BCUT2D eigenvalue weighted by molar-refractivity contribution is 8.00. The minimum absolute atomic E-state index is 0.107. The minimum Gasteiger partial charge on any atom is -0.507 e. The number of rotatable bonds is 10. The molecule has 0 aliphatic carbocycles. The summed E-state index contributed by atoms with van der Waals surface area (Å²) in [6.07, 6.45) is 0. The predicted molar refractivity (Wildman–Crippen MR) is 176 cm³/mol. The van der Waals surface area contributed by atoms with E-state index in [1.807, 2.05) is 31.2 Å². The van der Waals surface area contributed by atoms with Crippen molar-refractivity contribution in [3.8, 4) is 5.75 Å². The van der Waals surface area contributed by atoms with Crippen LogP contribution >= 0.6 is 23.1 Å². The van der Waals surface area contributed by atoms with Gasteiger partial charge in [-0.3, -0.25) is 24.6 Å². The van der Waals surface area contributed by atoms with Crippen molar-refractivity contribution in [1.82, 2.24) is 10.2 Å². The maximum Gasteiger partial charge on any atom is 0.301 e. The summed E-state index contributed by atoms with van der Waals surface area (Å²) in [5.74, 6) is -1.64. The van der Waals surface area contributed by atoms with Crippen LogP contribution in [0.3, 0.4) is 0 Å². The first kappa shape index (κ1) is 31.6. The number of Topliss-reactive ketones (excluding diaryl/α,β-unsaturated/α-hetero) is 1. The van der Waals surface area contributed by atoms with Gasteiger partial charge < -0.3 is 9.84 Å². The molecule has 236 valence electrons. The number of hydrogen-bond donors (Lipinski definition) is 1. The van der Waals surface area contributed by atoms with Gasteiger partial charge in [-0.05, 0) is 72.1 Å². The topological polar surface area (TPSA) is 136 Å². The van der Waals surface area contributed by atoms with Crippen molar-refractivity contribution in [1.29, 1.82) is 0 Å². The Hall–Kier alpha value is -5.40. The van der Waals surface area contributed by atoms with Crippen LogP contribution in [0.15, 0.2) is 107 Å². The van der Waals surface area contributed by atoms with Crippen LogP contribution in [0.2, 0.25) is 0 Å². The molecule has 0 spiro atoms. The van der Waals surface area contributed by atoms with Gasteiger partial charge in [0.15, 0.2) is 4.34 Å². The maximum absolute atomic E-state index is 13.5. The molecule has 1 amide bonds. The van der Waals surface area contributed by atoms with Crippen LogP contribution in [0.4, 0.5) is 15.2 Å². The quantitative estimate of drug-likeness (QED) is 0.0307. The molecule has 5 aromatic rings. The fraction of sp³-hybridized carbons (Fsp3) is 0.118. The van der Waals surface area contributed by atoms with Crippen LogP contribution in [0, 0.1) is 22.9 Å². The molecule has 1 unspecified atom stereocenters. The lowest BCUT2D eigenvalue weighted by atomic mass is 9.95. The van der Waals surface area contributed by atoms with E-state index in [-0.39, 0.29) is 27.8 Å². The molecular formula is C34H25FN4O6S2. The van der Waals surface area contributed by atoms with Gasteiger partial charge in [-0.25, -0.2) is 4.39 Å². The first-order valence-electron chi connectivity index (χ1n) is 14.2. The molecule has 0 radical (unpaired) electrons. The lowest BCUT2D eigenvalue weighted by Gasteiger charge is -2.22. The van der Waals surface area contributed by atoms with Gasteiger partial charge in [0.25, 0.3) is 11.5 Å². The van der Waals surface area contributed by atoms with Crippen molar-refractivity contribution >= 4 is 51.4 Å². The number of nitro benzene ring substituents is 1. The van der Waals surface area contributed by atoms with Gasteiger partial charge in [0.2, 0.25) is 5.13 Å². The third-order valence-electron chi connectivity index (χ3n) is 7.36.